The minimum Gasteiger partial charge on any atom is -0.383 e. The maximum atomic E-state index is 11.1. The van der Waals surface area contributed by atoms with Crippen LogP contribution in [-0.2, 0) is 9.53 Å². The number of nitrogens with zero attached hydrogens (tertiary/aromatic N) is 1. The van der Waals surface area contributed by atoms with E-state index in [9.17, 15) is 4.79 Å². The van der Waals surface area contributed by atoms with Gasteiger partial charge in [0, 0.05) is 26.7 Å². The van der Waals surface area contributed by atoms with E-state index in [-0.39, 0.29) is 11.2 Å². The fourth-order valence-electron chi connectivity index (χ4n) is 0.877. The summed E-state index contributed by atoms with van der Waals surface area (Å²) in [6, 6.07) is 0. The van der Waals surface area contributed by atoms with Crippen molar-refractivity contribution in [3.05, 3.63) is 0 Å². The molecule has 1 atom stereocenters. The Bertz CT molecular complexity index is 165. The van der Waals surface area contributed by atoms with Crippen LogP contribution in [-0.4, -0.2) is 56.5 Å². The lowest BCUT2D eigenvalue weighted by Gasteiger charge is -2.16. The van der Waals surface area contributed by atoms with Crippen LogP contribution in [0.25, 0.3) is 0 Å². The number of carbonyl (C=O) groups excluding carboxylic acids is 1. The van der Waals surface area contributed by atoms with Crippen molar-refractivity contribution in [3.63, 3.8) is 0 Å². The third-order valence-electron chi connectivity index (χ3n) is 1.85. The number of carbonyl (C=O) groups is 1. The average Bonchev–Trinajstić information content (AvgIpc) is 2.14. The van der Waals surface area contributed by atoms with E-state index in [0.717, 1.165) is 13.1 Å². The Hall–Kier alpha value is -0.260. The second kappa shape index (κ2) is 8.08. The Balaban J connectivity index is 3.39. The summed E-state index contributed by atoms with van der Waals surface area (Å²) in [5.41, 5.74) is 0. The van der Waals surface area contributed by atoms with E-state index in [4.69, 9.17) is 4.74 Å². The predicted octanol–water partition coefficient (Wildman–Crippen LogP) is -0.000900. The minimum atomic E-state index is -0.237. The highest BCUT2D eigenvalue weighted by molar-refractivity contribution is 7.81. The van der Waals surface area contributed by atoms with Gasteiger partial charge in [-0.1, -0.05) is 0 Å². The highest BCUT2D eigenvalue weighted by Gasteiger charge is 2.06. The molecule has 1 amide bonds. The van der Waals surface area contributed by atoms with Crippen molar-refractivity contribution in [3.8, 4) is 0 Å². The van der Waals surface area contributed by atoms with E-state index < -0.39 is 0 Å². The van der Waals surface area contributed by atoms with Gasteiger partial charge < -0.3 is 15.0 Å². The van der Waals surface area contributed by atoms with Gasteiger partial charge in [-0.3, -0.25) is 4.79 Å². The molecule has 0 aromatic carbocycles. The summed E-state index contributed by atoms with van der Waals surface area (Å²) in [6.07, 6.45) is 0. The van der Waals surface area contributed by atoms with Crippen LogP contribution in [0, 0.1) is 0 Å². The van der Waals surface area contributed by atoms with Gasteiger partial charge in [0.25, 0.3) is 0 Å². The van der Waals surface area contributed by atoms with Gasteiger partial charge in [-0.05, 0) is 14.0 Å². The zero-order valence-corrected chi connectivity index (χ0v) is 10.0. The van der Waals surface area contributed by atoms with Crippen molar-refractivity contribution >= 4 is 18.5 Å². The van der Waals surface area contributed by atoms with Crippen molar-refractivity contribution in [1.29, 1.82) is 0 Å². The van der Waals surface area contributed by atoms with Gasteiger partial charge in [0.2, 0.25) is 5.91 Å². The molecular formula is C9H20N2O2S. The van der Waals surface area contributed by atoms with Crippen LogP contribution >= 0.6 is 12.6 Å². The van der Waals surface area contributed by atoms with Crippen LogP contribution in [0.3, 0.4) is 0 Å². The molecule has 84 valence electrons. The van der Waals surface area contributed by atoms with Crippen molar-refractivity contribution in [2.24, 2.45) is 0 Å². The Morgan fingerprint density at radius 1 is 1.57 bits per heavy atom. The van der Waals surface area contributed by atoms with Gasteiger partial charge in [0.05, 0.1) is 11.9 Å². The molecular weight excluding hydrogens is 200 g/mol. The first kappa shape index (κ1) is 13.7. The molecule has 0 aliphatic carbocycles. The molecule has 0 spiro atoms. The number of rotatable bonds is 7. The number of hydrogen-bond acceptors (Lipinski definition) is 4. The van der Waals surface area contributed by atoms with Crippen molar-refractivity contribution in [1.82, 2.24) is 10.2 Å². The van der Waals surface area contributed by atoms with E-state index in [0.29, 0.717) is 13.2 Å². The molecule has 0 rings (SSSR count). The molecule has 0 bridgehead atoms. The number of methoxy groups -OCH3 is 1. The largest absolute Gasteiger partial charge is 0.383 e. The number of nitrogens with one attached hydrogen (secondary N) is 1. The van der Waals surface area contributed by atoms with Gasteiger partial charge in [0.1, 0.15) is 0 Å². The van der Waals surface area contributed by atoms with Gasteiger partial charge >= 0.3 is 0 Å². The molecule has 1 unspecified atom stereocenters. The minimum absolute atomic E-state index is 0.0199. The van der Waals surface area contributed by atoms with Crippen LogP contribution in [0.5, 0.6) is 0 Å². The standard InChI is InChI=1S/C9H20N2O2S/c1-8(14)9(12)10-4-5-11(2)6-7-13-3/h8,14H,4-7H2,1-3H3,(H,10,12). The SMILES string of the molecule is COCCN(C)CCNC(=O)C(C)S. The van der Waals surface area contributed by atoms with Crippen LogP contribution in [0.4, 0.5) is 0 Å². The molecule has 0 aromatic heterocycles. The monoisotopic (exact) mass is 220 g/mol. The lowest BCUT2D eigenvalue weighted by atomic mass is 10.4. The highest BCUT2D eigenvalue weighted by atomic mass is 32.1. The summed E-state index contributed by atoms with van der Waals surface area (Å²) in [5, 5.41) is 2.55. The molecule has 14 heavy (non-hydrogen) atoms. The molecule has 4 nitrogen and oxygen atoms in total. The molecule has 0 aliphatic rings. The highest BCUT2D eigenvalue weighted by Crippen LogP contribution is 1.90. The number of amides is 1. The number of thiol groups is 1. The van der Waals surface area contributed by atoms with Crippen molar-refractivity contribution in [2.75, 3.05) is 40.4 Å². The number of likely N-dealkylation sites (N-methyl/N-ethyl adjacent to an activating group) is 1. The van der Waals surface area contributed by atoms with E-state index in [1.807, 2.05) is 7.05 Å². The lowest BCUT2D eigenvalue weighted by Crippen LogP contribution is -2.37. The fraction of sp³-hybridized carbons (Fsp3) is 0.889. The fourth-order valence-corrected chi connectivity index (χ4v) is 0.968. The van der Waals surface area contributed by atoms with Crippen LogP contribution in [0.15, 0.2) is 0 Å². The first-order chi connectivity index (χ1) is 6.57. The summed E-state index contributed by atoms with van der Waals surface area (Å²) >= 11 is 4.03. The third-order valence-corrected chi connectivity index (χ3v) is 2.08. The Labute approximate surface area is 91.4 Å². The second-order valence-corrected chi connectivity index (χ2v) is 4.04. The Morgan fingerprint density at radius 3 is 2.71 bits per heavy atom. The van der Waals surface area contributed by atoms with Crippen LogP contribution < -0.4 is 5.32 Å². The maximum Gasteiger partial charge on any atom is 0.232 e. The van der Waals surface area contributed by atoms with Crippen molar-refractivity contribution in [2.45, 2.75) is 12.2 Å². The van der Waals surface area contributed by atoms with Gasteiger partial charge in [-0.15, -0.1) is 0 Å². The zero-order valence-electron chi connectivity index (χ0n) is 9.12. The van der Waals surface area contributed by atoms with E-state index in [1.165, 1.54) is 0 Å². The molecule has 0 saturated carbocycles. The number of hydrogen-bond donors (Lipinski definition) is 2. The topological polar surface area (TPSA) is 41.6 Å². The summed E-state index contributed by atoms with van der Waals surface area (Å²) in [6.45, 7) is 4.84. The summed E-state index contributed by atoms with van der Waals surface area (Å²) in [7, 11) is 3.67. The summed E-state index contributed by atoms with van der Waals surface area (Å²) in [5.74, 6) is -0.0199. The van der Waals surface area contributed by atoms with Crippen LogP contribution in [0.1, 0.15) is 6.92 Å². The first-order valence-corrected chi connectivity index (χ1v) is 5.22. The molecule has 5 heteroatoms. The van der Waals surface area contributed by atoms with E-state index in [1.54, 1.807) is 14.0 Å². The lowest BCUT2D eigenvalue weighted by molar-refractivity contribution is -0.120. The molecule has 0 radical (unpaired) electrons. The van der Waals surface area contributed by atoms with E-state index in [2.05, 4.69) is 22.8 Å². The summed E-state index contributed by atoms with van der Waals surface area (Å²) in [4.78, 5) is 13.2. The molecule has 1 N–H and O–H groups in total. The number of ether oxygens (including phenoxy) is 1. The Morgan fingerprint density at radius 2 is 2.21 bits per heavy atom. The molecule has 0 saturated heterocycles. The molecule has 0 heterocycles. The predicted molar refractivity (Wildman–Crippen MR) is 60.8 cm³/mol. The first-order valence-electron chi connectivity index (χ1n) is 4.71. The molecule has 0 aromatic rings. The van der Waals surface area contributed by atoms with E-state index >= 15 is 0 Å². The molecule has 0 fully saturated rings. The smallest absolute Gasteiger partial charge is 0.232 e. The normalized spacial score (nSPS) is 12.9. The second-order valence-electron chi connectivity index (χ2n) is 3.26. The average molecular weight is 220 g/mol. The third kappa shape index (κ3) is 7.17. The zero-order chi connectivity index (χ0) is 11.0. The quantitative estimate of drug-likeness (QED) is 0.593. The van der Waals surface area contributed by atoms with Crippen LogP contribution in [0.2, 0.25) is 0 Å². The van der Waals surface area contributed by atoms with Gasteiger partial charge in [-0.25, -0.2) is 0 Å². The molecule has 0 aliphatic heterocycles. The Kier molecular flexibility index (Phi) is 7.93. The van der Waals surface area contributed by atoms with Crippen molar-refractivity contribution < 1.29 is 9.53 Å². The maximum absolute atomic E-state index is 11.1. The van der Waals surface area contributed by atoms with Gasteiger partial charge in [0.15, 0.2) is 0 Å². The summed E-state index contributed by atoms with van der Waals surface area (Å²) < 4.78 is 4.94. The van der Waals surface area contributed by atoms with Gasteiger partial charge in [-0.2, -0.15) is 12.6 Å².